The van der Waals surface area contributed by atoms with Crippen molar-refractivity contribution in [3.8, 4) is 6.07 Å². The van der Waals surface area contributed by atoms with E-state index in [1.165, 1.54) is 24.3 Å². The van der Waals surface area contributed by atoms with E-state index < -0.39 is 24.9 Å². The van der Waals surface area contributed by atoms with E-state index in [1.54, 1.807) is 6.92 Å². The minimum Gasteiger partial charge on any atom is -0.369 e. The Kier molecular flexibility index (Phi) is 9.25. The molecule has 0 amide bonds. The van der Waals surface area contributed by atoms with Gasteiger partial charge < -0.3 is 10.6 Å². The van der Waals surface area contributed by atoms with Crippen LogP contribution >= 0.6 is 0 Å². The molecule has 0 bridgehead atoms. The molecule has 0 aliphatic heterocycles. The number of benzene rings is 1. The fourth-order valence-corrected chi connectivity index (χ4v) is 4.02. The van der Waals surface area contributed by atoms with Crippen LogP contribution < -0.4 is 10.6 Å². The quantitative estimate of drug-likeness (QED) is 0.217. The van der Waals surface area contributed by atoms with Crippen molar-refractivity contribution in [1.29, 1.82) is 5.26 Å². The van der Waals surface area contributed by atoms with E-state index in [1.807, 2.05) is 6.92 Å². The van der Waals surface area contributed by atoms with Crippen molar-refractivity contribution in [2.75, 3.05) is 29.5 Å². The maximum atomic E-state index is 11.8. The number of nitrogens with one attached hydrogen (secondary N) is 2. The zero-order valence-electron chi connectivity index (χ0n) is 18.8. The molecule has 0 aliphatic rings. The predicted octanol–water partition coefficient (Wildman–Crippen LogP) is 4.11. The molecule has 0 fully saturated rings. The Morgan fingerprint density at radius 2 is 1.82 bits per heavy atom. The van der Waals surface area contributed by atoms with Gasteiger partial charge in [0.25, 0.3) is 10.1 Å². The maximum Gasteiger partial charge on any atom is 0.296 e. The van der Waals surface area contributed by atoms with Crippen LogP contribution in [0.4, 0.5) is 23.0 Å². The smallest absolute Gasteiger partial charge is 0.296 e. The predicted molar refractivity (Wildman–Crippen MR) is 130 cm³/mol. The monoisotopic (exact) mass is 506 g/mol. The Balaban J connectivity index is 2.57. The molecule has 11 nitrogen and oxygen atoms in total. The Hall–Kier alpha value is -3.34. The summed E-state index contributed by atoms with van der Waals surface area (Å²) in [4.78, 5) is 3.98. The Labute approximate surface area is 199 Å². The lowest BCUT2D eigenvalue weighted by atomic mass is 10.1. The maximum absolute atomic E-state index is 11.8. The molecule has 1 heterocycles. The van der Waals surface area contributed by atoms with E-state index in [0.29, 0.717) is 17.9 Å². The standard InChI is InChI=1S/C21H26N6O5S2/c1-4-6-11-23-20-16(14-22)15(3)19(21(25-20)24-12-13-33(28,29)5-2)27-26-17-9-7-8-10-18(17)34(30,31)32/h5,7-10H,2,4,6,11-13H2,1,3H3,(H2,23,24,25)(H,30,31,32). The summed E-state index contributed by atoms with van der Waals surface area (Å²) >= 11 is 0. The topological polar surface area (TPSA) is 174 Å². The molecule has 1 aromatic carbocycles. The highest BCUT2D eigenvalue weighted by atomic mass is 32.2. The van der Waals surface area contributed by atoms with Crippen molar-refractivity contribution >= 4 is 43.0 Å². The first-order valence-corrected chi connectivity index (χ1v) is 13.5. The highest BCUT2D eigenvalue weighted by Gasteiger charge is 2.19. The van der Waals surface area contributed by atoms with Gasteiger partial charge in [-0.05, 0) is 25.5 Å². The molecule has 0 atom stereocenters. The number of nitriles is 1. The second kappa shape index (κ2) is 11.7. The minimum absolute atomic E-state index is 0.0226. The molecule has 34 heavy (non-hydrogen) atoms. The molecule has 0 aliphatic carbocycles. The van der Waals surface area contributed by atoms with E-state index in [2.05, 4.69) is 38.5 Å². The average molecular weight is 507 g/mol. The number of anilines is 2. The average Bonchev–Trinajstić information content (AvgIpc) is 2.78. The van der Waals surface area contributed by atoms with Crippen LogP contribution in [0.15, 0.2) is 51.4 Å². The van der Waals surface area contributed by atoms with E-state index in [0.717, 1.165) is 18.2 Å². The summed E-state index contributed by atoms with van der Waals surface area (Å²) in [5.74, 6) is 0.209. The molecule has 182 valence electrons. The van der Waals surface area contributed by atoms with Crippen LogP contribution in [0.25, 0.3) is 0 Å². The SMILES string of the molecule is C=CS(=O)(=O)CCNc1nc(NCCCC)c(C#N)c(C)c1N=Nc1ccccc1S(=O)(=O)O. The Bertz CT molecular complexity index is 1330. The van der Waals surface area contributed by atoms with Gasteiger partial charge in [-0.1, -0.05) is 32.1 Å². The molecule has 13 heteroatoms. The summed E-state index contributed by atoms with van der Waals surface area (Å²) in [7, 11) is -8.02. The zero-order chi connectivity index (χ0) is 25.4. The van der Waals surface area contributed by atoms with E-state index >= 15 is 0 Å². The fourth-order valence-electron chi connectivity index (χ4n) is 2.84. The zero-order valence-corrected chi connectivity index (χ0v) is 20.4. The summed E-state index contributed by atoms with van der Waals surface area (Å²) in [5, 5.41) is 24.6. The highest BCUT2D eigenvalue weighted by Crippen LogP contribution is 2.35. The number of aromatic nitrogens is 1. The van der Waals surface area contributed by atoms with E-state index in [9.17, 15) is 26.7 Å². The number of sulfone groups is 1. The summed E-state index contributed by atoms with van der Waals surface area (Å²) in [5.41, 5.74) is 0.628. The van der Waals surface area contributed by atoms with Gasteiger partial charge in [0.05, 0.1) is 11.3 Å². The van der Waals surface area contributed by atoms with E-state index in [4.69, 9.17) is 0 Å². The van der Waals surface area contributed by atoms with Crippen LogP contribution in [-0.2, 0) is 20.0 Å². The molecule has 2 aromatic rings. The first-order chi connectivity index (χ1) is 16.0. The molecule has 0 radical (unpaired) electrons. The van der Waals surface area contributed by atoms with Gasteiger partial charge in [0.1, 0.15) is 28.2 Å². The molecule has 0 saturated carbocycles. The third kappa shape index (κ3) is 7.08. The van der Waals surface area contributed by atoms with Gasteiger partial charge in [0.15, 0.2) is 15.7 Å². The summed E-state index contributed by atoms with van der Waals surface area (Å²) in [6.45, 7) is 7.48. The van der Waals surface area contributed by atoms with Gasteiger partial charge in [-0.15, -0.1) is 10.2 Å². The van der Waals surface area contributed by atoms with Gasteiger partial charge in [0, 0.05) is 24.1 Å². The summed E-state index contributed by atoms with van der Waals surface area (Å²) in [6.07, 6.45) is 1.78. The van der Waals surface area contributed by atoms with Crippen molar-refractivity contribution in [2.45, 2.75) is 31.6 Å². The molecule has 0 saturated heterocycles. The van der Waals surface area contributed by atoms with Crippen LogP contribution in [0, 0.1) is 18.3 Å². The normalized spacial score (nSPS) is 11.8. The first kappa shape index (κ1) is 26.9. The van der Waals surface area contributed by atoms with Gasteiger partial charge in [-0.3, -0.25) is 4.55 Å². The molecular weight excluding hydrogens is 480 g/mol. The molecule has 1 aromatic heterocycles. The number of rotatable bonds is 12. The van der Waals surface area contributed by atoms with Crippen LogP contribution in [0.3, 0.4) is 0 Å². The van der Waals surface area contributed by atoms with E-state index in [-0.39, 0.29) is 35.1 Å². The number of nitrogens with zero attached hydrogens (tertiary/aromatic N) is 4. The van der Waals surface area contributed by atoms with Crippen molar-refractivity contribution in [2.24, 2.45) is 10.2 Å². The van der Waals surface area contributed by atoms with Gasteiger partial charge in [-0.2, -0.15) is 13.7 Å². The summed E-state index contributed by atoms with van der Waals surface area (Å²) in [6, 6.07) is 7.56. The lowest BCUT2D eigenvalue weighted by Crippen LogP contribution is -2.15. The second-order valence-electron chi connectivity index (χ2n) is 7.15. The Morgan fingerprint density at radius 3 is 2.44 bits per heavy atom. The molecule has 0 unspecified atom stereocenters. The largest absolute Gasteiger partial charge is 0.369 e. The first-order valence-electron chi connectivity index (χ1n) is 10.3. The van der Waals surface area contributed by atoms with Crippen molar-refractivity contribution < 1.29 is 21.4 Å². The Morgan fingerprint density at radius 1 is 1.15 bits per heavy atom. The second-order valence-corrected chi connectivity index (χ2v) is 10.6. The van der Waals surface area contributed by atoms with Crippen molar-refractivity contribution in [3.05, 3.63) is 47.4 Å². The number of azo groups is 1. The number of pyridine rings is 1. The van der Waals surface area contributed by atoms with Crippen LogP contribution in [-0.4, -0.2) is 45.2 Å². The van der Waals surface area contributed by atoms with Crippen molar-refractivity contribution in [1.82, 2.24) is 4.98 Å². The lowest BCUT2D eigenvalue weighted by Gasteiger charge is -2.15. The van der Waals surface area contributed by atoms with Crippen LogP contribution in [0.2, 0.25) is 0 Å². The third-order valence-electron chi connectivity index (χ3n) is 4.68. The highest BCUT2D eigenvalue weighted by molar-refractivity contribution is 7.94. The number of unbranched alkanes of at least 4 members (excludes halogenated alkanes) is 1. The van der Waals surface area contributed by atoms with Crippen molar-refractivity contribution in [3.63, 3.8) is 0 Å². The number of hydrogen-bond acceptors (Lipinski definition) is 10. The minimum atomic E-state index is -4.55. The van der Waals surface area contributed by atoms with Gasteiger partial charge in [0.2, 0.25) is 0 Å². The molecule has 0 spiro atoms. The fraction of sp³-hybridized carbons (Fsp3) is 0.333. The molecular formula is C21H26N6O5S2. The van der Waals surface area contributed by atoms with Crippen LogP contribution in [0.1, 0.15) is 30.9 Å². The molecule has 2 rings (SSSR count). The number of hydrogen-bond donors (Lipinski definition) is 3. The summed E-state index contributed by atoms with van der Waals surface area (Å²) < 4.78 is 56.3. The third-order valence-corrected chi connectivity index (χ3v) is 6.87. The van der Waals surface area contributed by atoms with Gasteiger partial charge in [-0.25, -0.2) is 13.4 Å². The lowest BCUT2D eigenvalue weighted by molar-refractivity contribution is 0.483. The van der Waals surface area contributed by atoms with Gasteiger partial charge >= 0.3 is 0 Å². The van der Waals surface area contributed by atoms with Crippen LogP contribution in [0.5, 0.6) is 0 Å². The molecule has 3 N–H and O–H groups in total.